The Labute approximate surface area is 317 Å². The molecule has 4 N–H and O–H groups in total. The van der Waals surface area contributed by atoms with E-state index in [1.807, 2.05) is 24.3 Å². The van der Waals surface area contributed by atoms with Crippen molar-refractivity contribution in [3.63, 3.8) is 0 Å². The van der Waals surface area contributed by atoms with E-state index in [4.69, 9.17) is 18.9 Å². The van der Waals surface area contributed by atoms with E-state index in [0.29, 0.717) is 48.9 Å². The van der Waals surface area contributed by atoms with E-state index in [2.05, 4.69) is 24.5 Å². The number of phenolic OH excluding ortho intramolecular Hbond substituents is 2. The first-order valence-electron chi connectivity index (χ1n) is 18.4. The Morgan fingerprint density at radius 1 is 0.528 bits per heavy atom. The van der Waals surface area contributed by atoms with Gasteiger partial charge in [0.2, 0.25) is 0 Å². The molecular weight excluding hydrogens is 693 g/mol. The minimum Gasteiger partial charge on any atom is -0.508 e. The molecule has 4 aromatic rings. The summed E-state index contributed by atoms with van der Waals surface area (Å²) in [5.41, 5.74) is 3.98. The van der Waals surface area contributed by atoms with Crippen LogP contribution in [0.25, 0.3) is 22.3 Å². The summed E-state index contributed by atoms with van der Waals surface area (Å²) >= 11 is 1.44. The summed E-state index contributed by atoms with van der Waals surface area (Å²) in [6.45, 7) is 6.45. The van der Waals surface area contributed by atoms with Crippen molar-refractivity contribution in [2.45, 2.75) is 75.0 Å². The molecule has 53 heavy (non-hydrogen) atoms. The van der Waals surface area contributed by atoms with Gasteiger partial charge in [0.25, 0.3) is 0 Å². The number of carbonyl (C=O) groups excluding carboxylic acids is 2. The fraction of sp³-hybridized carbons (Fsp3) is 0.381. The van der Waals surface area contributed by atoms with Crippen LogP contribution in [0.1, 0.15) is 65.2 Å². The molecule has 4 rings (SSSR count). The molecule has 0 heterocycles. The van der Waals surface area contributed by atoms with Crippen molar-refractivity contribution in [3.05, 3.63) is 84.9 Å². The zero-order valence-corrected chi connectivity index (χ0v) is 31.6. The van der Waals surface area contributed by atoms with Crippen molar-refractivity contribution in [1.82, 2.24) is 0 Å². The van der Waals surface area contributed by atoms with Gasteiger partial charge in [-0.15, -0.1) is 0 Å². The number of hydrogen-bond acceptors (Lipinski definition) is 9. The van der Waals surface area contributed by atoms with Crippen LogP contribution in [0, 0.1) is 0 Å². The molecular formula is C42H52N2O8S. The Morgan fingerprint density at radius 3 is 1.34 bits per heavy atom. The highest BCUT2D eigenvalue weighted by molar-refractivity contribution is 7.99. The van der Waals surface area contributed by atoms with Gasteiger partial charge in [0.15, 0.2) is 0 Å². The first-order valence-corrected chi connectivity index (χ1v) is 19.3. The minimum absolute atomic E-state index is 0.112. The molecule has 0 saturated heterocycles. The van der Waals surface area contributed by atoms with E-state index in [-0.39, 0.29) is 24.7 Å². The molecule has 0 aliphatic rings. The van der Waals surface area contributed by atoms with Gasteiger partial charge in [-0.3, -0.25) is 10.6 Å². The maximum absolute atomic E-state index is 13.0. The van der Waals surface area contributed by atoms with Gasteiger partial charge in [-0.1, -0.05) is 101 Å². The summed E-state index contributed by atoms with van der Waals surface area (Å²) in [5.74, 6) is 0.225. The monoisotopic (exact) mass is 744 g/mol. The van der Waals surface area contributed by atoms with Crippen LogP contribution in [0.2, 0.25) is 0 Å². The van der Waals surface area contributed by atoms with Gasteiger partial charge < -0.3 is 29.2 Å². The number of amides is 2. The van der Waals surface area contributed by atoms with Crippen LogP contribution < -0.4 is 10.6 Å². The minimum atomic E-state index is -0.613. The average molecular weight is 745 g/mol. The molecule has 0 fully saturated rings. The molecule has 0 radical (unpaired) electrons. The number of benzene rings is 4. The third-order valence-electron chi connectivity index (χ3n) is 8.26. The quantitative estimate of drug-likeness (QED) is 0.0580. The predicted molar refractivity (Wildman–Crippen MR) is 211 cm³/mol. The summed E-state index contributed by atoms with van der Waals surface area (Å²) < 4.78 is 22.1. The molecule has 0 unspecified atom stereocenters. The van der Waals surface area contributed by atoms with Crippen molar-refractivity contribution >= 4 is 35.3 Å². The SMILES string of the molecule is CCCCCCOCCOC(=O)Nc1cccc(Sc2cccc(NC(=O)OCCOCCCCCC)c2-c2ccc(O)cc2)c1-c1ccc(O)cc1. The number of ether oxygens (including phenoxy) is 4. The lowest BCUT2D eigenvalue weighted by Gasteiger charge is -2.19. The third kappa shape index (κ3) is 14.0. The number of carbonyl (C=O) groups is 2. The first-order chi connectivity index (χ1) is 25.9. The van der Waals surface area contributed by atoms with Gasteiger partial charge >= 0.3 is 12.2 Å². The standard InChI is InChI=1S/C42H52N2O8S/c1-3-5-7-9-25-49-27-29-51-41(47)43-35-13-11-15-37(39(35)31-17-21-33(45)22-18-31)53-38-16-12-14-36(40(38)32-19-23-34(46)24-20-32)44-42(48)52-30-28-50-26-10-8-6-4-2/h11-24,45-46H,3-10,25-30H2,1-2H3,(H,43,47)(H,44,48). The molecule has 0 atom stereocenters. The maximum atomic E-state index is 13.0. The summed E-state index contributed by atoms with van der Waals surface area (Å²) in [6, 6.07) is 24.6. The van der Waals surface area contributed by atoms with Gasteiger partial charge in [0.1, 0.15) is 24.7 Å². The summed E-state index contributed by atoms with van der Waals surface area (Å²) in [5, 5.41) is 25.9. The molecule has 284 valence electrons. The summed E-state index contributed by atoms with van der Waals surface area (Å²) in [4.78, 5) is 27.5. The number of unbranched alkanes of at least 4 members (excludes halogenated alkanes) is 6. The van der Waals surface area contributed by atoms with Gasteiger partial charge in [-0.25, -0.2) is 9.59 Å². The lowest BCUT2D eigenvalue weighted by Crippen LogP contribution is -2.17. The summed E-state index contributed by atoms with van der Waals surface area (Å²) in [6.07, 6.45) is 7.63. The lowest BCUT2D eigenvalue weighted by atomic mass is 10.0. The van der Waals surface area contributed by atoms with Crippen molar-refractivity contribution in [2.75, 3.05) is 50.3 Å². The lowest BCUT2D eigenvalue weighted by molar-refractivity contribution is 0.0761. The zero-order valence-electron chi connectivity index (χ0n) is 30.7. The third-order valence-corrected chi connectivity index (χ3v) is 9.38. The molecule has 11 heteroatoms. The second-order valence-corrected chi connectivity index (χ2v) is 13.5. The molecule has 10 nitrogen and oxygen atoms in total. The van der Waals surface area contributed by atoms with E-state index in [0.717, 1.165) is 59.4 Å². The smallest absolute Gasteiger partial charge is 0.411 e. The highest BCUT2D eigenvalue weighted by Crippen LogP contribution is 2.46. The Balaban J connectivity index is 1.55. The largest absolute Gasteiger partial charge is 0.508 e. The fourth-order valence-corrected chi connectivity index (χ4v) is 6.75. The number of anilines is 2. The number of phenols is 2. The normalized spacial score (nSPS) is 10.9. The second-order valence-electron chi connectivity index (χ2n) is 12.4. The van der Waals surface area contributed by atoms with Crippen LogP contribution in [0.15, 0.2) is 94.7 Å². The van der Waals surface area contributed by atoms with Crippen LogP contribution in [-0.4, -0.2) is 62.0 Å². The van der Waals surface area contributed by atoms with Crippen LogP contribution in [0.3, 0.4) is 0 Å². The van der Waals surface area contributed by atoms with Crippen LogP contribution in [0.5, 0.6) is 11.5 Å². The van der Waals surface area contributed by atoms with Gasteiger partial charge in [0, 0.05) is 34.1 Å². The summed E-state index contributed by atoms with van der Waals surface area (Å²) in [7, 11) is 0. The van der Waals surface area contributed by atoms with Crippen LogP contribution >= 0.6 is 11.8 Å². The topological polar surface area (TPSA) is 136 Å². The first kappa shape index (κ1) is 41.1. The number of rotatable bonds is 22. The zero-order chi connectivity index (χ0) is 37.7. The second kappa shape index (κ2) is 23.1. The Kier molecular flexibility index (Phi) is 17.9. The van der Waals surface area contributed by atoms with Crippen LogP contribution in [0.4, 0.5) is 21.0 Å². The van der Waals surface area contributed by atoms with E-state index in [9.17, 15) is 19.8 Å². The highest BCUT2D eigenvalue weighted by Gasteiger charge is 2.19. The average Bonchev–Trinajstić information content (AvgIpc) is 3.15. The van der Waals surface area contributed by atoms with Crippen molar-refractivity contribution in [3.8, 4) is 33.8 Å². The van der Waals surface area contributed by atoms with E-state index < -0.39 is 12.2 Å². The van der Waals surface area contributed by atoms with Crippen LogP contribution in [-0.2, 0) is 18.9 Å². The van der Waals surface area contributed by atoms with Gasteiger partial charge in [0.05, 0.1) is 24.6 Å². The van der Waals surface area contributed by atoms with Gasteiger partial charge in [-0.2, -0.15) is 0 Å². The fourth-order valence-electron chi connectivity index (χ4n) is 5.56. The Bertz CT molecular complexity index is 1570. The van der Waals surface area contributed by atoms with Gasteiger partial charge in [-0.05, 0) is 72.5 Å². The molecule has 0 saturated carbocycles. The number of nitrogens with one attached hydrogen (secondary N) is 2. The molecule has 0 aliphatic heterocycles. The van der Waals surface area contributed by atoms with E-state index in [1.54, 1.807) is 60.7 Å². The molecule has 0 bridgehead atoms. The van der Waals surface area contributed by atoms with Crippen molar-refractivity contribution in [2.24, 2.45) is 0 Å². The maximum Gasteiger partial charge on any atom is 0.411 e. The number of hydrogen-bond donors (Lipinski definition) is 4. The highest BCUT2D eigenvalue weighted by atomic mass is 32.2. The predicted octanol–water partition coefficient (Wildman–Crippen LogP) is 10.9. The molecule has 4 aromatic carbocycles. The Morgan fingerprint density at radius 2 is 0.943 bits per heavy atom. The Hall–Kier alpha value is -4.71. The van der Waals surface area contributed by atoms with E-state index in [1.165, 1.54) is 24.6 Å². The van der Waals surface area contributed by atoms with Crippen molar-refractivity contribution in [1.29, 1.82) is 0 Å². The molecule has 0 aromatic heterocycles. The molecule has 0 aliphatic carbocycles. The van der Waals surface area contributed by atoms with Crippen molar-refractivity contribution < 1.29 is 38.7 Å². The molecule has 0 spiro atoms. The molecule has 2 amide bonds. The number of aromatic hydroxyl groups is 2. The van der Waals surface area contributed by atoms with E-state index >= 15 is 0 Å².